The van der Waals surface area contributed by atoms with Crippen LogP contribution in [0.15, 0.2) is 0 Å². The molecule has 0 saturated heterocycles. The van der Waals surface area contributed by atoms with Crippen LogP contribution in [0.4, 0.5) is 0 Å². The summed E-state index contributed by atoms with van der Waals surface area (Å²) >= 11 is 0. The Bertz CT molecular complexity index is 279. The van der Waals surface area contributed by atoms with Crippen molar-refractivity contribution in [1.82, 2.24) is 0 Å². The molecular weight excluding hydrogens is 214 g/mol. The SMILES string of the molecule is CC1CCC([C@](N)(C(=O)O)C2CCCCC2)C1. The minimum absolute atomic E-state index is 0.193. The molecule has 0 heterocycles. The van der Waals surface area contributed by atoms with Gasteiger partial charge in [-0.2, -0.15) is 0 Å². The number of aliphatic carboxylic acids is 1. The number of rotatable bonds is 3. The summed E-state index contributed by atoms with van der Waals surface area (Å²) in [6, 6.07) is 0. The second-order valence-corrected chi connectivity index (χ2v) is 6.19. The number of hydrogen-bond donors (Lipinski definition) is 2. The smallest absolute Gasteiger partial charge is 0.324 e. The molecule has 0 amide bonds. The predicted molar refractivity (Wildman–Crippen MR) is 67.6 cm³/mol. The second-order valence-electron chi connectivity index (χ2n) is 6.19. The van der Waals surface area contributed by atoms with Gasteiger partial charge in [-0.15, -0.1) is 0 Å². The lowest BCUT2D eigenvalue weighted by Gasteiger charge is -2.40. The Kier molecular flexibility index (Phi) is 3.76. The van der Waals surface area contributed by atoms with Gasteiger partial charge in [0, 0.05) is 0 Å². The summed E-state index contributed by atoms with van der Waals surface area (Å²) in [7, 11) is 0. The lowest BCUT2D eigenvalue weighted by atomic mass is 9.68. The van der Waals surface area contributed by atoms with Crippen LogP contribution in [-0.2, 0) is 4.79 Å². The van der Waals surface area contributed by atoms with Crippen LogP contribution in [0.5, 0.6) is 0 Å². The first-order valence-electron chi connectivity index (χ1n) is 7.07. The standard InChI is InChI=1S/C14H25NO2/c1-10-7-8-12(9-10)14(15,13(16)17)11-5-3-2-4-6-11/h10-12H,2-9,15H2,1H3,(H,16,17)/t10?,12?,14-/m0/s1. The predicted octanol–water partition coefficient (Wildman–Crippen LogP) is 2.79. The quantitative estimate of drug-likeness (QED) is 0.796. The van der Waals surface area contributed by atoms with Crippen LogP contribution in [0.2, 0.25) is 0 Å². The fourth-order valence-electron chi connectivity index (χ4n) is 3.90. The molecule has 2 rings (SSSR count). The van der Waals surface area contributed by atoms with Gasteiger partial charge in [-0.05, 0) is 43.4 Å². The zero-order chi connectivity index (χ0) is 12.5. The average molecular weight is 239 g/mol. The van der Waals surface area contributed by atoms with Crippen molar-refractivity contribution in [2.75, 3.05) is 0 Å². The molecule has 3 atom stereocenters. The van der Waals surface area contributed by atoms with E-state index in [1.165, 1.54) is 6.42 Å². The van der Waals surface area contributed by atoms with Crippen molar-refractivity contribution in [2.24, 2.45) is 23.5 Å². The number of carboxylic acid groups (broad SMARTS) is 1. The number of carbonyl (C=O) groups is 1. The van der Waals surface area contributed by atoms with Gasteiger partial charge in [0.1, 0.15) is 5.54 Å². The minimum Gasteiger partial charge on any atom is -0.480 e. The van der Waals surface area contributed by atoms with E-state index in [2.05, 4.69) is 6.92 Å². The Morgan fingerprint density at radius 1 is 1.12 bits per heavy atom. The van der Waals surface area contributed by atoms with E-state index in [1.54, 1.807) is 0 Å². The third kappa shape index (κ3) is 2.35. The molecule has 0 aliphatic heterocycles. The highest BCUT2D eigenvalue weighted by molar-refractivity contribution is 5.79. The van der Waals surface area contributed by atoms with Gasteiger partial charge in [-0.1, -0.05) is 32.6 Å². The molecule has 2 saturated carbocycles. The fraction of sp³-hybridized carbons (Fsp3) is 0.929. The Balaban J connectivity index is 2.16. The van der Waals surface area contributed by atoms with Crippen molar-refractivity contribution in [3.63, 3.8) is 0 Å². The Morgan fingerprint density at radius 3 is 2.24 bits per heavy atom. The van der Waals surface area contributed by atoms with E-state index < -0.39 is 11.5 Å². The molecule has 0 aromatic heterocycles. The van der Waals surface area contributed by atoms with Gasteiger partial charge in [-0.3, -0.25) is 4.79 Å². The maximum atomic E-state index is 11.7. The van der Waals surface area contributed by atoms with E-state index in [-0.39, 0.29) is 11.8 Å². The van der Waals surface area contributed by atoms with Crippen molar-refractivity contribution in [3.8, 4) is 0 Å². The topological polar surface area (TPSA) is 63.3 Å². The van der Waals surface area contributed by atoms with Crippen LogP contribution in [0.3, 0.4) is 0 Å². The maximum absolute atomic E-state index is 11.7. The van der Waals surface area contributed by atoms with Crippen LogP contribution >= 0.6 is 0 Å². The first-order chi connectivity index (χ1) is 8.05. The van der Waals surface area contributed by atoms with Gasteiger partial charge in [0.2, 0.25) is 0 Å². The van der Waals surface area contributed by atoms with Crippen molar-refractivity contribution < 1.29 is 9.90 Å². The van der Waals surface area contributed by atoms with Crippen LogP contribution < -0.4 is 5.73 Å². The minimum atomic E-state index is -0.953. The van der Waals surface area contributed by atoms with Gasteiger partial charge in [0.25, 0.3) is 0 Å². The van der Waals surface area contributed by atoms with Gasteiger partial charge >= 0.3 is 5.97 Å². The molecule has 17 heavy (non-hydrogen) atoms. The number of hydrogen-bond acceptors (Lipinski definition) is 2. The van der Waals surface area contributed by atoms with Crippen LogP contribution in [0.1, 0.15) is 58.3 Å². The Hall–Kier alpha value is -0.570. The maximum Gasteiger partial charge on any atom is 0.324 e. The van der Waals surface area contributed by atoms with E-state index in [9.17, 15) is 9.90 Å². The van der Waals surface area contributed by atoms with Crippen molar-refractivity contribution in [2.45, 2.75) is 63.8 Å². The van der Waals surface area contributed by atoms with Crippen molar-refractivity contribution in [1.29, 1.82) is 0 Å². The van der Waals surface area contributed by atoms with E-state index in [1.807, 2.05) is 0 Å². The molecule has 3 N–H and O–H groups in total. The second kappa shape index (κ2) is 4.97. The highest BCUT2D eigenvalue weighted by Crippen LogP contribution is 2.44. The van der Waals surface area contributed by atoms with E-state index in [0.717, 1.165) is 44.9 Å². The lowest BCUT2D eigenvalue weighted by molar-refractivity contribution is -0.149. The number of carboxylic acids is 1. The molecule has 0 aromatic carbocycles. The molecule has 2 aliphatic carbocycles. The van der Waals surface area contributed by atoms with Gasteiger partial charge in [0.05, 0.1) is 0 Å². The molecule has 0 bridgehead atoms. The summed E-state index contributed by atoms with van der Waals surface area (Å²) in [5, 5.41) is 9.61. The summed E-state index contributed by atoms with van der Waals surface area (Å²) in [6.45, 7) is 2.21. The van der Waals surface area contributed by atoms with Gasteiger partial charge in [0.15, 0.2) is 0 Å². The van der Waals surface area contributed by atoms with Gasteiger partial charge in [-0.25, -0.2) is 0 Å². The van der Waals surface area contributed by atoms with E-state index >= 15 is 0 Å². The third-order valence-corrected chi connectivity index (χ3v) is 5.02. The largest absolute Gasteiger partial charge is 0.480 e. The molecule has 0 radical (unpaired) electrons. The molecule has 3 heteroatoms. The molecule has 0 spiro atoms. The average Bonchev–Trinajstić information content (AvgIpc) is 2.76. The normalized spacial score (nSPS) is 34.5. The fourth-order valence-corrected chi connectivity index (χ4v) is 3.90. The molecule has 2 aliphatic rings. The Morgan fingerprint density at radius 2 is 1.76 bits per heavy atom. The first-order valence-corrected chi connectivity index (χ1v) is 7.07. The van der Waals surface area contributed by atoms with Crippen LogP contribution in [-0.4, -0.2) is 16.6 Å². The number of nitrogens with two attached hydrogens (primary N) is 1. The molecule has 0 aromatic rings. The van der Waals surface area contributed by atoms with Crippen LogP contribution in [0.25, 0.3) is 0 Å². The monoisotopic (exact) mass is 239 g/mol. The van der Waals surface area contributed by atoms with Gasteiger partial charge < -0.3 is 10.8 Å². The van der Waals surface area contributed by atoms with Crippen LogP contribution in [0, 0.1) is 17.8 Å². The summed E-state index contributed by atoms with van der Waals surface area (Å²) < 4.78 is 0. The molecular formula is C14H25NO2. The molecule has 2 unspecified atom stereocenters. The summed E-state index contributed by atoms with van der Waals surface area (Å²) in [5.74, 6) is 0.275. The highest BCUT2D eigenvalue weighted by Gasteiger charge is 2.50. The highest BCUT2D eigenvalue weighted by atomic mass is 16.4. The molecule has 3 nitrogen and oxygen atoms in total. The summed E-state index contributed by atoms with van der Waals surface area (Å²) in [4.78, 5) is 11.7. The third-order valence-electron chi connectivity index (χ3n) is 5.02. The molecule has 98 valence electrons. The van der Waals surface area contributed by atoms with E-state index in [0.29, 0.717) is 5.92 Å². The zero-order valence-corrected chi connectivity index (χ0v) is 10.8. The first kappa shape index (κ1) is 12.9. The summed E-state index contributed by atoms with van der Waals surface area (Å²) in [6.07, 6.45) is 8.70. The lowest BCUT2D eigenvalue weighted by Crippen LogP contribution is -2.59. The zero-order valence-electron chi connectivity index (χ0n) is 10.8. The summed E-state index contributed by atoms with van der Waals surface area (Å²) in [5.41, 5.74) is 5.43. The van der Waals surface area contributed by atoms with E-state index in [4.69, 9.17) is 5.73 Å². The Labute approximate surface area is 104 Å². The molecule has 2 fully saturated rings. The van der Waals surface area contributed by atoms with Crippen molar-refractivity contribution >= 4 is 5.97 Å². The van der Waals surface area contributed by atoms with Crippen molar-refractivity contribution in [3.05, 3.63) is 0 Å².